The highest BCUT2D eigenvalue weighted by Crippen LogP contribution is 2.44. The summed E-state index contributed by atoms with van der Waals surface area (Å²) in [6.07, 6.45) is 0.868. The summed E-state index contributed by atoms with van der Waals surface area (Å²) in [7, 11) is -5.00. The molecule has 0 fully saturated rings. The van der Waals surface area contributed by atoms with E-state index in [1.807, 2.05) is 0 Å². The lowest BCUT2D eigenvalue weighted by Gasteiger charge is -2.13. The Hall–Kier alpha value is -1.87. The molecular weight excluding hydrogens is 386 g/mol. The van der Waals surface area contributed by atoms with Crippen LogP contribution >= 0.6 is 11.6 Å². The number of hydrogen-bond donors (Lipinski definition) is 0. The summed E-state index contributed by atoms with van der Waals surface area (Å²) in [6, 6.07) is 3.32. The highest BCUT2D eigenvalue weighted by molar-refractivity contribution is 7.91. The van der Waals surface area contributed by atoms with E-state index < -0.39 is 39.3 Å². The number of rotatable bonds is 4. The van der Waals surface area contributed by atoms with Gasteiger partial charge in [-0.15, -0.1) is 0 Å². The van der Waals surface area contributed by atoms with Gasteiger partial charge in [0, 0.05) is 30.7 Å². The molecule has 1 aliphatic carbocycles. The molecule has 4 nitrogen and oxygen atoms in total. The van der Waals surface area contributed by atoms with Gasteiger partial charge in [-0.1, -0.05) is 11.6 Å². The first-order chi connectivity index (χ1) is 11.6. The third kappa shape index (κ3) is 3.43. The van der Waals surface area contributed by atoms with E-state index in [1.165, 1.54) is 18.5 Å². The first kappa shape index (κ1) is 17.9. The fraction of sp³-hybridized carbons (Fsp3) is 0.267. The van der Waals surface area contributed by atoms with Gasteiger partial charge in [-0.3, -0.25) is 4.98 Å². The first-order valence-corrected chi connectivity index (χ1v) is 8.86. The minimum absolute atomic E-state index is 0.0514. The molecular formula is C15H10ClF4NO3S. The summed E-state index contributed by atoms with van der Waals surface area (Å²) in [4.78, 5) is 2.98. The molecule has 0 saturated carbocycles. The number of nitrogens with zero attached hydrogens (tertiary/aromatic N) is 1. The SMILES string of the molecule is O=S(=O)(c1ccc(Oc2cncc(Cl)c2)c2c1CC(F)(F)C2)C(F)F. The topological polar surface area (TPSA) is 56.3 Å². The first-order valence-electron chi connectivity index (χ1n) is 6.93. The van der Waals surface area contributed by atoms with E-state index in [0.717, 1.165) is 12.1 Å². The Kier molecular flexibility index (Phi) is 4.40. The maximum Gasteiger partial charge on any atom is 0.341 e. The molecule has 0 spiro atoms. The van der Waals surface area contributed by atoms with E-state index in [-0.39, 0.29) is 27.6 Å². The van der Waals surface area contributed by atoms with Gasteiger partial charge in [0.05, 0.1) is 16.1 Å². The van der Waals surface area contributed by atoms with Gasteiger partial charge in [-0.25, -0.2) is 17.2 Å². The zero-order valence-corrected chi connectivity index (χ0v) is 13.9. The highest BCUT2D eigenvalue weighted by Gasteiger charge is 2.43. The fourth-order valence-electron chi connectivity index (χ4n) is 2.65. The van der Waals surface area contributed by atoms with Gasteiger partial charge in [0.15, 0.2) is 0 Å². The van der Waals surface area contributed by atoms with Gasteiger partial charge < -0.3 is 4.74 Å². The fourth-order valence-corrected chi connectivity index (χ4v) is 3.80. The van der Waals surface area contributed by atoms with Crippen molar-refractivity contribution in [2.24, 2.45) is 0 Å². The summed E-state index contributed by atoms with van der Waals surface area (Å²) >= 11 is 5.77. The number of sulfone groups is 1. The van der Waals surface area contributed by atoms with Crippen LogP contribution < -0.4 is 4.74 Å². The smallest absolute Gasteiger partial charge is 0.341 e. The maximum absolute atomic E-state index is 13.8. The number of alkyl halides is 4. The molecule has 10 heteroatoms. The summed E-state index contributed by atoms with van der Waals surface area (Å²) < 4.78 is 82.2. The number of pyridine rings is 1. The molecule has 2 aromatic rings. The lowest BCUT2D eigenvalue weighted by atomic mass is 10.1. The minimum Gasteiger partial charge on any atom is -0.455 e. The molecule has 1 aliphatic rings. The predicted molar refractivity (Wildman–Crippen MR) is 81.3 cm³/mol. The van der Waals surface area contributed by atoms with Crippen LogP contribution in [-0.4, -0.2) is 25.1 Å². The van der Waals surface area contributed by atoms with Crippen LogP contribution in [0.5, 0.6) is 11.5 Å². The molecule has 1 aromatic heterocycles. The molecule has 0 amide bonds. The Labute approximate surface area is 145 Å². The predicted octanol–water partition coefficient (Wildman–Crippen LogP) is 4.26. The van der Waals surface area contributed by atoms with Crippen molar-refractivity contribution in [2.75, 3.05) is 0 Å². The van der Waals surface area contributed by atoms with Crippen LogP contribution in [0.15, 0.2) is 35.5 Å². The monoisotopic (exact) mass is 395 g/mol. The van der Waals surface area contributed by atoms with E-state index in [9.17, 15) is 26.0 Å². The quantitative estimate of drug-likeness (QED) is 0.726. The maximum atomic E-state index is 13.8. The van der Waals surface area contributed by atoms with Crippen LogP contribution in [0.1, 0.15) is 11.1 Å². The van der Waals surface area contributed by atoms with Gasteiger partial charge in [0.25, 0.3) is 5.92 Å². The molecule has 1 aromatic carbocycles. The van der Waals surface area contributed by atoms with Gasteiger partial charge in [0.2, 0.25) is 9.84 Å². The van der Waals surface area contributed by atoms with E-state index in [1.54, 1.807) is 0 Å². The van der Waals surface area contributed by atoms with E-state index in [0.29, 0.717) is 0 Å². The summed E-state index contributed by atoms with van der Waals surface area (Å²) in [5.74, 6) is -6.85. The lowest BCUT2D eigenvalue weighted by molar-refractivity contribution is 0.0125. The molecule has 134 valence electrons. The Bertz CT molecular complexity index is 934. The van der Waals surface area contributed by atoms with Crippen LogP contribution in [0.3, 0.4) is 0 Å². The van der Waals surface area contributed by atoms with Crippen LogP contribution in [0.25, 0.3) is 0 Å². The second kappa shape index (κ2) is 6.14. The van der Waals surface area contributed by atoms with Crippen LogP contribution in [0.4, 0.5) is 17.6 Å². The van der Waals surface area contributed by atoms with E-state index in [4.69, 9.17) is 16.3 Å². The Morgan fingerprint density at radius 1 is 1.16 bits per heavy atom. The molecule has 0 aliphatic heterocycles. The summed E-state index contributed by atoms with van der Waals surface area (Å²) in [5.41, 5.74) is -0.468. The zero-order valence-electron chi connectivity index (χ0n) is 12.3. The average Bonchev–Trinajstić information content (AvgIpc) is 2.82. The van der Waals surface area contributed by atoms with Gasteiger partial charge >= 0.3 is 5.76 Å². The molecule has 0 N–H and O–H groups in total. The van der Waals surface area contributed by atoms with Gasteiger partial charge in [-0.05, 0) is 17.7 Å². The summed E-state index contributed by atoms with van der Waals surface area (Å²) in [5, 5.41) is 0.247. The summed E-state index contributed by atoms with van der Waals surface area (Å²) in [6.45, 7) is 0. The third-order valence-corrected chi connectivity index (χ3v) is 5.34. The Morgan fingerprint density at radius 3 is 2.48 bits per heavy atom. The van der Waals surface area contributed by atoms with E-state index in [2.05, 4.69) is 4.98 Å². The van der Waals surface area contributed by atoms with E-state index >= 15 is 0 Å². The van der Waals surface area contributed by atoms with Crippen molar-refractivity contribution in [1.82, 2.24) is 4.98 Å². The lowest BCUT2D eigenvalue weighted by Crippen LogP contribution is -2.17. The number of fused-ring (bicyclic) bond motifs is 1. The van der Waals surface area contributed by atoms with Crippen molar-refractivity contribution in [3.63, 3.8) is 0 Å². The minimum atomic E-state index is -5.00. The standard InChI is InChI=1S/C15H10ClF4NO3S/c16-8-3-9(7-21-6-8)24-12-1-2-13(25(22,23)14(17)18)11-5-15(19,20)4-10(11)12/h1-3,6-7,14H,4-5H2. The van der Waals surface area contributed by atoms with Crippen molar-refractivity contribution < 1.29 is 30.7 Å². The molecule has 0 unspecified atom stereocenters. The van der Waals surface area contributed by atoms with Crippen molar-refractivity contribution in [3.05, 3.63) is 46.7 Å². The van der Waals surface area contributed by atoms with Gasteiger partial charge in [0.1, 0.15) is 11.5 Å². The number of hydrogen-bond acceptors (Lipinski definition) is 4. The molecule has 0 saturated heterocycles. The van der Waals surface area contributed by atoms with Crippen LogP contribution in [0, 0.1) is 0 Å². The molecule has 25 heavy (non-hydrogen) atoms. The number of halogens is 5. The number of ether oxygens (including phenoxy) is 1. The highest BCUT2D eigenvalue weighted by atomic mass is 35.5. The number of aromatic nitrogens is 1. The van der Waals surface area contributed by atoms with Crippen molar-refractivity contribution in [2.45, 2.75) is 29.4 Å². The normalized spacial score (nSPS) is 16.1. The van der Waals surface area contributed by atoms with Crippen molar-refractivity contribution in [1.29, 1.82) is 0 Å². The van der Waals surface area contributed by atoms with Crippen LogP contribution in [-0.2, 0) is 22.7 Å². The Morgan fingerprint density at radius 2 is 1.84 bits per heavy atom. The zero-order chi connectivity index (χ0) is 18.4. The molecule has 3 rings (SSSR count). The largest absolute Gasteiger partial charge is 0.455 e. The second-order valence-electron chi connectivity index (χ2n) is 5.48. The number of benzene rings is 1. The molecule has 0 radical (unpaired) electrons. The second-order valence-corrected chi connectivity index (χ2v) is 7.80. The molecule has 1 heterocycles. The Balaban J connectivity index is 2.10. The third-order valence-electron chi connectivity index (χ3n) is 3.66. The van der Waals surface area contributed by atoms with Crippen molar-refractivity contribution >= 4 is 21.4 Å². The molecule has 0 atom stereocenters. The average molecular weight is 396 g/mol. The van der Waals surface area contributed by atoms with Crippen molar-refractivity contribution in [3.8, 4) is 11.5 Å². The molecule has 0 bridgehead atoms. The van der Waals surface area contributed by atoms with Crippen LogP contribution in [0.2, 0.25) is 5.02 Å². The van der Waals surface area contributed by atoms with Gasteiger partial charge in [-0.2, -0.15) is 8.78 Å².